The second kappa shape index (κ2) is 10.9. The summed E-state index contributed by atoms with van der Waals surface area (Å²) in [5.74, 6) is 0. The molecule has 4 aromatic heterocycles. The van der Waals surface area contributed by atoms with Crippen LogP contribution in [-0.4, -0.2) is 29.9 Å². The van der Waals surface area contributed by atoms with E-state index in [-0.39, 0.29) is 0 Å². The van der Waals surface area contributed by atoms with Crippen molar-refractivity contribution in [1.29, 1.82) is 0 Å². The second-order valence-corrected chi connectivity index (χ2v) is 10.5. The van der Waals surface area contributed by atoms with Crippen molar-refractivity contribution in [2.24, 2.45) is 0 Å². The van der Waals surface area contributed by atoms with E-state index in [4.69, 9.17) is 19.9 Å². The lowest BCUT2D eigenvalue weighted by molar-refractivity contribution is 1.25. The van der Waals surface area contributed by atoms with Crippen LogP contribution in [0.4, 0.5) is 0 Å². The van der Waals surface area contributed by atoms with Crippen molar-refractivity contribution in [2.45, 2.75) is 0 Å². The Morgan fingerprint density at radius 3 is 0.977 bits per heavy atom. The Balaban J connectivity index is 1.16. The van der Waals surface area contributed by atoms with E-state index >= 15 is 0 Å². The van der Waals surface area contributed by atoms with E-state index in [0.717, 1.165) is 78.2 Å². The molecule has 6 heteroatoms. The van der Waals surface area contributed by atoms with Crippen LogP contribution in [0.2, 0.25) is 0 Å². The standard InChI is InChI=1S/C38H24N6/c1-3-7-27(8-4-1)35-37(41-31-19-21-39-23-33(31)43-35)29-15-11-25(12-16-29)26-13-17-30(18-14-26)38-36(28-9-5-2-6-10-28)44-34-24-40-22-20-32(34)42-38/h1-24H. The van der Waals surface area contributed by atoms with Crippen LogP contribution < -0.4 is 0 Å². The number of aromatic nitrogens is 6. The molecule has 0 atom stereocenters. The summed E-state index contributed by atoms with van der Waals surface area (Å²) >= 11 is 0. The molecule has 0 radical (unpaired) electrons. The minimum atomic E-state index is 0.773. The molecule has 0 spiro atoms. The van der Waals surface area contributed by atoms with Crippen LogP contribution in [0.1, 0.15) is 0 Å². The first kappa shape index (κ1) is 25.6. The van der Waals surface area contributed by atoms with Gasteiger partial charge in [-0.25, -0.2) is 19.9 Å². The largest absolute Gasteiger partial charge is 0.262 e. The number of rotatable bonds is 5. The van der Waals surface area contributed by atoms with Crippen LogP contribution in [0.5, 0.6) is 0 Å². The summed E-state index contributed by atoms with van der Waals surface area (Å²) in [5.41, 5.74) is 12.8. The third-order valence-corrected chi connectivity index (χ3v) is 7.68. The first-order valence-corrected chi connectivity index (χ1v) is 14.4. The van der Waals surface area contributed by atoms with Crippen molar-refractivity contribution < 1.29 is 0 Å². The molecule has 0 aliphatic heterocycles. The van der Waals surface area contributed by atoms with Crippen LogP contribution in [0.3, 0.4) is 0 Å². The van der Waals surface area contributed by atoms with Gasteiger partial charge in [0.1, 0.15) is 11.0 Å². The van der Waals surface area contributed by atoms with Gasteiger partial charge < -0.3 is 0 Å². The zero-order valence-electron chi connectivity index (χ0n) is 23.5. The Bertz CT molecular complexity index is 2090. The average molecular weight is 565 g/mol. The zero-order valence-corrected chi connectivity index (χ0v) is 23.5. The number of benzene rings is 4. The predicted octanol–water partition coefficient (Wildman–Crippen LogP) is 8.70. The molecule has 44 heavy (non-hydrogen) atoms. The zero-order chi connectivity index (χ0) is 29.3. The van der Waals surface area contributed by atoms with Crippen LogP contribution in [0.25, 0.3) is 78.2 Å². The maximum atomic E-state index is 5.00. The summed E-state index contributed by atoms with van der Waals surface area (Å²) in [6.07, 6.45) is 7.02. The average Bonchev–Trinajstić information content (AvgIpc) is 3.11. The summed E-state index contributed by atoms with van der Waals surface area (Å²) in [7, 11) is 0. The first-order valence-electron chi connectivity index (χ1n) is 14.4. The number of hydrogen-bond acceptors (Lipinski definition) is 6. The lowest BCUT2D eigenvalue weighted by atomic mass is 9.98. The van der Waals surface area contributed by atoms with Gasteiger partial charge in [-0.2, -0.15) is 0 Å². The fraction of sp³-hybridized carbons (Fsp3) is 0. The van der Waals surface area contributed by atoms with Gasteiger partial charge in [-0.3, -0.25) is 9.97 Å². The lowest BCUT2D eigenvalue weighted by Crippen LogP contribution is -1.96. The molecule has 4 aromatic carbocycles. The maximum Gasteiger partial charge on any atom is 0.108 e. The van der Waals surface area contributed by atoms with Gasteiger partial charge in [-0.15, -0.1) is 0 Å². The van der Waals surface area contributed by atoms with E-state index in [1.807, 2.05) is 48.5 Å². The molecule has 0 saturated heterocycles. The Kier molecular flexibility index (Phi) is 6.35. The molecule has 0 bridgehead atoms. The molecule has 8 rings (SSSR count). The second-order valence-electron chi connectivity index (χ2n) is 10.5. The summed E-state index contributed by atoms with van der Waals surface area (Å²) < 4.78 is 0. The van der Waals surface area contributed by atoms with E-state index in [0.29, 0.717) is 0 Å². The Labute approximate surface area is 253 Å². The quantitative estimate of drug-likeness (QED) is 0.208. The van der Waals surface area contributed by atoms with Crippen molar-refractivity contribution in [2.75, 3.05) is 0 Å². The van der Waals surface area contributed by atoms with Crippen molar-refractivity contribution in [1.82, 2.24) is 29.9 Å². The van der Waals surface area contributed by atoms with Crippen molar-refractivity contribution in [3.05, 3.63) is 146 Å². The van der Waals surface area contributed by atoms with Crippen LogP contribution in [0.15, 0.2) is 146 Å². The van der Waals surface area contributed by atoms with E-state index in [1.165, 1.54) is 0 Å². The highest BCUT2D eigenvalue weighted by Gasteiger charge is 2.15. The van der Waals surface area contributed by atoms with Gasteiger partial charge in [0.25, 0.3) is 0 Å². The van der Waals surface area contributed by atoms with Crippen molar-refractivity contribution in [3.8, 4) is 56.2 Å². The molecule has 0 N–H and O–H groups in total. The molecule has 0 fully saturated rings. The summed E-state index contributed by atoms with van der Waals surface area (Å²) in [4.78, 5) is 28.4. The predicted molar refractivity (Wildman–Crippen MR) is 175 cm³/mol. The fourth-order valence-electron chi connectivity index (χ4n) is 5.45. The molecular formula is C38H24N6. The summed E-state index contributed by atoms with van der Waals surface area (Å²) in [6, 6.07) is 41.1. The molecule has 0 saturated carbocycles. The van der Waals surface area contributed by atoms with Crippen LogP contribution in [-0.2, 0) is 0 Å². The fourth-order valence-corrected chi connectivity index (χ4v) is 5.45. The molecule has 0 aliphatic carbocycles. The Hall–Kier alpha value is -6.14. The van der Waals surface area contributed by atoms with E-state index < -0.39 is 0 Å². The van der Waals surface area contributed by atoms with Crippen LogP contribution in [0, 0.1) is 0 Å². The molecule has 0 amide bonds. The van der Waals surface area contributed by atoms with E-state index in [9.17, 15) is 0 Å². The molecule has 4 heterocycles. The molecule has 206 valence electrons. The third kappa shape index (κ3) is 4.74. The first-order chi connectivity index (χ1) is 21.8. The maximum absolute atomic E-state index is 5.00. The van der Waals surface area contributed by atoms with Crippen molar-refractivity contribution >= 4 is 22.1 Å². The van der Waals surface area contributed by atoms with Gasteiger partial charge in [0, 0.05) is 34.6 Å². The Morgan fingerprint density at radius 1 is 0.273 bits per heavy atom. The highest BCUT2D eigenvalue weighted by atomic mass is 14.9. The van der Waals surface area contributed by atoms with Gasteiger partial charge in [0.05, 0.1) is 46.2 Å². The van der Waals surface area contributed by atoms with Gasteiger partial charge in [-0.05, 0) is 23.3 Å². The lowest BCUT2D eigenvalue weighted by Gasteiger charge is -2.12. The number of nitrogens with zero attached hydrogens (tertiary/aromatic N) is 6. The SMILES string of the molecule is c1ccc(-c2nc3cnccc3nc2-c2ccc(-c3ccc(-c4nc5ccncc5nc4-c4ccccc4)cc3)cc2)cc1. The minimum Gasteiger partial charge on any atom is -0.262 e. The van der Waals surface area contributed by atoms with Gasteiger partial charge in [0.15, 0.2) is 0 Å². The highest BCUT2D eigenvalue weighted by Crippen LogP contribution is 2.34. The Morgan fingerprint density at radius 2 is 0.591 bits per heavy atom. The summed E-state index contributed by atoms with van der Waals surface area (Å²) in [6.45, 7) is 0. The van der Waals surface area contributed by atoms with Gasteiger partial charge in [0.2, 0.25) is 0 Å². The molecule has 0 aliphatic rings. The van der Waals surface area contributed by atoms with Crippen LogP contribution >= 0.6 is 0 Å². The van der Waals surface area contributed by atoms with Crippen molar-refractivity contribution in [3.63, 3.8) is 0 Å². The van der Waals surface area contributed by atoms with E-state index in [1.54, 1.807) is 24.8 Å². The highest BCUT2D eigenvalue weighted by molar-refractivity contribution is 5.88. The third-order valence-electron chi connectivity index (χ3n) is 7.68. The number of fused-ring (bicyclic) bond motifs is 2. The molecular weight excluding hydrogens is 540 g/mol. The monoisotopic (exact) mass is 564 g/mol. The van der Waals surface area contributed by atoms with Gasteiger partial charge >= 0.3 is 0 Å². The topological polar surface area (TPSA) is 77.3 Å². The molecule has 0 unspecified atom stereocenters. The normalized spacial score (nSPS) is 11.2. The smallest absolute Gasteiger partial charge is 0.108 e. The summed E-state index contributed by atoms with van der Waals surface area (Å²) in [5, 5.41) is 0. The molecule has 6 nitrogen and oxygen atoms in total. The van der Waals surface area contributed by atoms with Gasteiger partial charge in [-0.1, -0.05) is 109 Å². The minimum absolute atomic E-state index is 0.773. The number of hydrogen-bond donors (Lipinski definition) is 0. The van der Waals surface area contributed by atoms with E-state index in [2.05, 4.69) is 82.8 Å². The number of pyridine rings is 2. The molecule has 8 aromatic rings.